The Balaban J connectivity index is 1.64. The number of carbonyl (C=O) groups is 1. The van der Waals surface area contributed by atoms with Gasteiger partial charge in [0.15, 0.2) is 0 Å². The van der Waals surface area contributed by atoms with Crippen LogP contribution in [0.4, 0.5) is 0 Å². The van der Waals surface area contributed by atoms with Crippen LogP contribution < -0.4 is 10.1 Å². The zero-order valence-electron chi connectivity index (χ0n) is 12.5. The van der Waals surface area contributed by atoms with Crippen molar-refractivity contribution in [1.82, 2.24) is 15.3 Å². The van der Waals surface area contributed by atoms with Gasteiger partial charge in [-0.25, -0.2) is 4.98 Å². The summed E-state index contributed by atoms with van der Waals surface area (Å²) in [7, 11) is 1.64. The van der Waals surface area contributed by atoms with Gasteiger partial charge in [-0.1, -0.05) is 0 Å². The molecule has 22 heavy (non-hydrogen) atoms. The number of aromatic amines is 1. The number of amides is 1. The molecule has 0 aliphatic carbocycles. The van der Waals surface area contributed by atoms with E-state index in [9.17, 15) is 4.79 Å². The molecular formula is C16H17N3O2S. The van der Waals surface area contributed by atoms with Crippen molar-refractivity contribution in [3.05, 3.63) is 46.9 Å². The average molecular weight is 315 g/mol. The van der Waals surface area contributed by atoms with Crippen LogP contribution >= 0.6 is 11.3 Å². The topological polar surface area (TPSA) is 67.0 Å². The Morgan fingerprint density at radius 1 is 1.41 bits per heavy atom. The largest absolute Gasteiger partial charge is 0.497 e. The number of thiophene rings is 1. The number of hydrogen-bond acceptors (Lipinski definition) is 4. The molecular weight excluding hydrogens is 298 g/mol. The molecule has 6 heteroatoms. The first kappa shape index (κ1) is 14.6. The van der Waals surface area contributed by atoms with E-state index in [-0.39, 0.29) is 5.91 Å². The van der Waals surface area contributed by atoms with Crippen molar-refractivity contribution < 1.29 is 9.53 Å². The molecule has 1 aromatic carbocycles. The Hall–Kier alpha value is -2.34. The van der Waals surface area contributed by atoms with Crippen LogP contribution in [0.5, 0.6) is 5.75 Å². The minimum absolute atomic E-state index is 0.0450. The second-order valence-electron chi connectivity index (χ2n) is 5.01. The molecule has 0 fully saturated rings. The summed E-state index contributed by atoms with van der Waals surface area (Å²) in [5, 5.41) is 3.99. The van der Waals surface area contributed by atoms with Gasteiger partial charge in [-0.3, -0.25) is 4.79 Å². The average Bonchev–Trinajstić information content (AvgIpc) is 3.12. The maximum atomic E-state index is 12.2. The summed E-state index contributed by atoms with van der Waals surface area (Å²) in [4.78, 5) is 20.2. The van der Waals surface area contributed by atoms with Gasteiger partial charge in [0, 0.05) is 29.6 Å². The third kappa shape index (κ3) is 3.12. The van der Waals surface area contributed by atoms with E-state index in [0.29, 0.717) is 11.4 Å². The molecule has 3 rings (SSSR count). The Morgan fingerprint density at radius 3 is 3.00 bits per heavy atom. The lowest BCUT2D eigenvalue weighted by Gasteiger charge is -2.01. The molecule has 0 bridgehead atoms. The van der Waals surface area contributed by atoms with Crippen molar-refractivity contribution in [2.24, 2.45) is 0 Å². The molecule has 114 valence electrons. The highest BCUT2D eigenvalue weighted by Gasteiger charge is 2.10. The fraction of sp³-hybridized carbons (Fsp3) is 0.250. The number of ether oxygens (including phenoxy) is 1. The van der Waals surface area contributed by atoms with Crippen molar-refractivity contribution >= 4 is 27.3 Å². The molecule has 2 aromatic heterocycles. The minimum atomic E-state index is -0.0450. The van der Waals surface area contributed by atoms with Gasteiger partial charge in [0.25, 0.3) is 5.91 Å². The van der Waals surface area contributed by atoms with Gasteiger partial charge >= 0.3 is 0 Å². The normalized spacial score (nSPS) is 10.8. The van der Waals surface area contributed by atoms with Crippen molar-refractivity contribution in [2.45, 2.75) is 13.3 Å². The standard InChI is InChI=1S/C16H17N3O2S/c1-10-18-9-12(19-10)5-6-17-16(20)15-7-11-3-4-13(21-2)8-14(11)22-15/h3-4,7-9H,5-6H2,1-2H3,(H,17,20)(H,18,19). The van der Waals surface area contributed by atoms with E-state index in [1.807, 2.05) is 31.2 Å². The van der Waals surface area contributed by atoms with E-state index >= 15 is 0 Å². The molecule has 0 saturated heterocycles. The quantitative estimate of drug-likeness (QED) is 0.761. The fourth-order valence-electron chi connectivity index (χ4n) is 2.25. The van der Waals surface area contributed by atoms with Gasteiger partial charge in [-0.2, -0.15) is 0 Å². The third-order valence-electron chi connectivity index (χ3n) is 3.39. The smallest absolute Gasteiger partial charge is 0.261 e. The number of hydrogen-bond donors (Lipinski definition) is 2. The fourth-order valence-corrected chi connectivity index (χ4v) is 3.25. The van der Waals surface area contributed by atoms with Crippen LogP contribution in [0.3, 0.4) is 0 Å². The molecule has 0 atom stereocenters. The molecule has 2 N–H and O–H groups in total. The van der Waals surface area contributed by atoms with Crippen molar-refractivity contribution in [2.75, 3.05) is 13.7 Å². The number of aromatic nitrogens is 2. The van der Waals surface area contributed by atoms with Gasteiger partial charge in [-0.15, -0.1) is 11.3 Å². The molecule has 3 aromatic rings. The Morgan fingerprint density at radius 2 is 2.27 bits per heavy atom. The van der Waals surface area contributed by atoms with E-state index in [1.165, 1.54) is 11.3 Å². The van der Waals surface area contributed by atoms with Crippen LogP contribution in [0.1, 0.15) is 21.2 Å². The lowest BCUT2D eigenvalue weighted by Crippen LogP contribution is -2.24. The first-order chi connectivity index (χ1) is 10.7. The van der Waals surface area contributed by atoms with E-state index in [1.54, 1.807) is 13.3 Å². The number of aryl methyl sites for hydroxylation is 1. The number of imidazole rings is 1. The van der Waals surface area contributed by atoms with Gasteiger partial charge in [0.05, 0.1) is 12.0 Å². The third-order valence-corrected chi connectivity index (χ3v) is 4.48. The highest BCUT2D eigenvalue weighted by atomic mass is 32.1. The monoisotopic (exact) mass is 315 g/mol. The molecule has 0 aliphatic heterocycles. The number of fused-ring (bicyclic) bond motifs is 1. The van der Waals surface area contributed by atoms with Crippen molar-refractivity contribution in [1.29, 1.82) is 0 Å². The number of carbonyl (C=O) groups excluding carboxylic acids is 1. The summed E-state index contributed by atoms with van der Waals surface area (Å²) in [6, 6.07) is 7.73. The Labute approximate surface area is 132 Å². The minimum Gasteiger partial charge on any atom is -0.497 e. The molecule has 5 nitrogen and oxygen atoms in total. The summed E-state index contributed by atoms with van der Waals surface area (Å²) in [6.07, 6.45) is 2.54. The lowest BCUT2D eigenvalue weighted by molar-refractivity contribution is 0.0958. The lowest BCUT2D eigenvalue weighted by atomic mass is 10.2. The number of rotatable bonds is 5. The SMILES string of the molecule is COc1ccc2cc(C(=O)NCCc3cnc(C)[nH]3)sc2c1. The Bertz CT molecular complexity index is 807. The van der Waals surface area contributed by atoms with Crippen molar-refractivity contribution in [3.63, 3.8) is 0 Å². The summed E-state index contributed by atoms with van der Waals surface area (Å²) in [5.41, 5.74) is 1.03. The molecule has 2 heterocycles. The van der Waals surface area contributed by atoms with E-state index in [2.05, 4.69) is 15.3 Å². The number of methoxy groups -OCH3 is 1. The summed E-state index contributed by atoms with van der Waals surface area (Å²) in [6.45, 7) is 2.49. The molecule has 0 spiro atoms. The molecule has 0 radical (unpaired) electrons. The zero-order valence-corrected chi connectivity index (χ0v) is 13.3. The van der Waals surface area contributed by atoms with Crippen molar-refractivity contribution in [3.8, 4) is 5.75 Å². The highest BCUT2D eigenvalue weighted by molar-refractivity contribution is 7.20. The molecule has 0 saturated carbocycles. The number of nitrogens with zero attached hydrogens (tertiary/aromatic N) is 1. The highest BCUT2D eigenvalue weighted by Crippen LogP contribution is 2.29. The second kappa shape index (κ2) is 6.19. The predicted octanol–water partition coefficient (Wildman–Crippen LogP) is 2.91. The van der Waals surface area contributed by atoms with Crippen LogP contribution in [-0.4, -0.2) is 29.5 Å². The van der Waals surface area contributed by atoms with Gasteiger partial charge in [0.2, 0.25) is 0 Å². The van der Waals surface area contributed by atoms with Crippen LogP contribution in [-0.2, 0) is 6.42 Å². The zero-order chi connectivity index (χ0) is 15.5. The van der Waals surface area contributed by atoms with Crippen LogP contribution in [0.2, 0.25) is 0 Å². The molecule has 0 aliphatic rings. The number of nitrogens with one attached hydrogen (secondary N) is 2. The first-order valence-electron chi connectivity index (χ1n) is 7.02. The van der Waals surface area contributed by atoms with Crippen LogP contribution in [0.15, 0.2) is 30.5 Å². The summed E-state index contributed by atoms with van der Waals surface area (Å²) >= 11 is 1.47. The summed E-state index contributed by atoms with van der Waals surface area (Å²) in [5.74, 6) is 1.65. The van der Waals surface area contributed by atoms with E-state index < -0.39 is 0 Å². The first-order valence-corrected chi connectivity index (χ1v) is 7.83. The van der Waals surface area contributed by atoms with E-state index in [4.69, 9.17) is 4.74 Å². The Kier molecular flexibility index (Phi) is 4.11. The molecule has 1 amide bonds. The van der Waals surface area contributed by atoms with Gasteiger partial charge < -0.3 is 15.0 Å². The van der Waals surface area contributed by atoms with Crippen LogP contribution in [0.25, 0.3) is 10.1 Å². The van der Waals surface area contributed by atoms with Gasteiger partial charge in [0.1, 0.15) is 11.6 Å². The maximum Gasteiger partial charge on any atom is 0.261 e. The summed E-state index contributed by atoms with van der Waals surface area (Å²) < 4.78 is 6.25. The number of H-pyrrole nitrogens is 1. The second-order valence-corrected chi connectivity index (χ2v) is 6.10. The van der Waals surface area contributed by atoms with Gasteiger partial charge in [-0.05, 0) is 36.6 Å². The predicted molar refractivity (Wildman–Crippen MR) is 87.7 cm³/mol. The maximum absolute atomic E-state index is 12.2. The molecule has 0 unspecified atom stereocenters. The number of benzene rings is 1. The van der Waals surface area contributed by atoms with Crippen LogP contribution in [0, 0.1) is 6.92 Å². The van der Waals surface area contributed by atoms with E-state index in [0.717, 1.165) is 33.8 Å².